The van der Waals surface area contributed by atoms with Gasteiger partial charge in [-0.2, -0.15) is 0 Å². The summed E-state index contributed by atoms with van der Waals surface area (Å²) in [5.41, 5.74) is 3.09. The fraction of sp³-hybridized carbons (Fsp3) is 0.400. The molecule has 0 aromatic heterocycles. The maximum atomic E-state index is 5.77. The number of ether oxygens (including phenoxy) is 2. The van der Waals surface area contributed by atoms with Crippen LogP contribution in [0, 0.1) is 0 Å². The van der Waals surface area contributed by atoms with Gasteiger partial charge in [-0.25, -0.2) is 0 Å². The number of methoxy groups -OCH3 is 2. The average Bonchev–Trinajstić information content (AvgIpc) is 3.18. The van der Waals surface area contributed by atoms with E-state index in [1.54, 1.807) is 20.1 Å². The first kappa shape index (κ1) is 20.8. The van der Waals surface area contributed by atoms with Gasteiger partial charge in [0.1, 0.15) is 0 Å². The molecule has 146 valence electrons. The Kier molecular flexibility index (Phi) is 6.18. The van der Waals surface area contributed by atoms with E-state index in [0.29, 0.717) is 35.4 Å². The van der Waals surface area contributed by atoms with Crippen molar-refractivity contribution in [3.8, 4) is 11.5 Å². The second kappa shape index (κ2) is 8.01. The normalized spacial score (nSPS) is 18.1. The third-order valence-electron chi connectivity index (χ3n) is 4.64. The molecule has 0 aliphatic carbocycles. The fourth-order valence-corrected chi connectivity index (χ4v) is 75.1. The molecule has 1 spiro atoms. The van der Waals surface area contributed by atoms with E-state index >= 15 is 0 Å². The van der Waals surface area contributed by atoms with Crippen LogP contribution in [0.5, 0.6) is 11.5 Å². The van der Waals surface area contributed by atoms with Gasteiger partial charge in [0.15, 0.2) is 0 Å². The van der Waals surface area contributed by atoms with Crippen LogP contribution in [0.2, 0.25) is 0 Å². The monoisotopic (exact) mass is 650 g/mol. The maximum absolute atomic E-state index is 5.77. The Bertz CT molecular complexity index is 829. The summed E-state index contributed by atoms with van der Waals surface area (Å²) in [6, 6.07) is 9.01. The van der Waals surface area contributed by atoms with Gasteiger partial charge in [0.05, 0.1) is 0 Å². The van der Waals surface area contributed by atoms with E-state index in [2.05, 4.69) is 69.9 Å². The van der Waals surface area contributed by atoms with Crippen LogP contribution in [0.15, 0.2) is 34.1 Å². The Morgan fingerprint density at radius 3 is 1.48 bits per heavy atom. The minimum absolute atomic E-state index is 0.576. The average molecular weight is 646 g/mol. The van der Waals surface area contributed by atoms with Crippen LogP contribution in [0.1, 0.15) is 50.7 Å². The van der Waals surface area contributed by atoms with E-state index in [4.69, 9.17) is 9.47 Å². The zero-order valence-corrected chi connectivity index (χ0v) is 23.7. The molecule has 2 aliphatic rings. The molecule has 0 saturated carbocycles. The van der Waals surface area contributed by atoms with Gasteiger partial charge in [-0.05, 0) is 0 Å². The van der Waals surface area contributed by atoms with E-state index in [0.717, 1.165) is 11.5 Å². The van der Waals surface area contributed by atoms with Crippen LogP contribution in [0.3, 0.4) is 0 Å². The molecule has 0 N–H and O–H groups in total. The molecule has 2 heterocycles. The third kappa shape index (κ3) is 3.62. The predicted octanol–water partition coefficient (Wildman–Crippen LogP) is 3.96. The summed E-state index contributed by atoms with van der Waals surface area (Å²) < 4.78 is 14.8. The summed E-state index contributed by atoms with van der Waals surface area (Å²) in [4.78, 5) is 2.94. The Morgan fingerprint density at radius 2 is 1.15 bits per heavy atom. The number of hydrogen-bond donors (Lipinski definition) is 0. The Morgan fingerprint density at radius 1 is 0.741 bits per heavy atom. The van der Waals surface area contributed by atoms with Gasteiger partial charge >= 0.3 is 181 Å². The van der Waals surface area contributed by atoms with Crippen LogP contribution in [-0.2, 0) is 0 Å². The molecule has 0 atom stereocenters. The molecule has 2 nitrogen and oxygen atoms in total. The second-order valence-electron chi connectivity index (χ2n) is 7.08. The molecule has 0 unspecified atom stereocenters. The molecule has 0 amide bonds. The Labute approximate surface area is 179 Å². The first-order valence-corrected chi connectivity index (χ1v) is 29.1. The Hall–Kier alpha value is 0.569. The van der Waals surface area contributed by atoms with Gasteiger partial charge < -0.3 is 0 Å². The molecule has 2 aromatic rings. The molecular weight excluding hydrogens is 622 g/mol. The van der Waals surface area contributed by atoms with Crippen LogP contribution in [0.4, 0.5) is 0 Å². The van der Waals surface area contributed by atoms with E-state index in [1.165, 1.54) is 9.79 Å². The van der Waals surface area contributed by atoms with E-state index in [1.807, 2.05) is 14.2 Å². The summed E-state index contributed by atoms with van der Waals surface area (Å²) in [6.45, 7) is 9.29. The molecule has 0 saturated heterocycles. The summed E-state index contributed by atoms with van der Waals surface area (Å²) in [7, 11) is 5.96. The number of fused-ring (bicyclic) bond motifs is 2. The topological polar surface area (TPSA) is 18.5 Å². The van der Waals surface area contributed by atoms with Gasteiger partial charge in [0.25, 0.3) is 0 Å². The summed E-state index contributed by atoms with van der Waals surface area (Å²) >= 11 is 1.19. The molecule has 2 aliphatic heterocycles. The summed E-state index contributed by atoms with van der Waals surface area (Å²) in [5.74, 6) is 3.33. The van der Waals surface area contributed by atoms with Crippen molar-refractivity contribution in [3.63, 3.8) is 0 Å². The standard InChI is InChI=1S/C20H24O2S2Se2Te/c1-11(2)13-7-9-15(21-5)17-19(13)25-27(23-17)24-18-16(22-6)10-8-14(12(3)4)20(18)26-27/h7-12H,1-6H3. The first-order chi connectivity index (χ1) is 12.9. The number of hydrogen-bond acceptors (Lipinski definition) is 4. The van der Waals surface area contributed by atoms with E-state index < -0.39 is 11.0 Å². The third-order valence-corrected chi connectivity index (χ3v) is 61.2. The van der Waals surface area contributed by atoms with Crippen LogP contribution < -0.4 is 18.4 Å². The first-order valence-electron chi connectivity index (χ1n) is 8.92. The van der Waals surface area contributed by atoms with Crippen molar-refractivity contribution < 1.29 is 9.47 Å². The Balaban J connectivity index is 1.78. The molecule has 0 radical (unpaired) electrons. The van der Waals surface area contributed by atoms with E-state index in [9.17, 15) is 0 Å². The molecule has 27 heavy (non-hydrogen) atoms. The van der Waals surface area contributed by atoms with Gasteiger partial charge in [-0.3, -0.25) is 0 Å². The minimum atomic E-state index is -2.18. The van der Waals surface area contributed by atoms with Gasteiger partial charge in [0.2, 0.25) is 0 Å². The quantitative estimate of drug-likeness (QED) is 0.469. The van der Waals surface area contributed by atoms with Gasteiger partial charge in [-0.1, -0.05) is 0 Å². The number of rotatable bonds is 4. The van der Waals surface area contributed by atoms with E-state index in [-0.39, 0.29) is 0 Å². The number of benzene rings is 2. The molecule has 0 fully saturated rings. The molecule has 4 rings (SSSR count). The van der Waals surface area contributed by atoms with Crippen molar-refractivity contribution in [3.05, 3.63) is 35.4 Å². The van der Waals surface area contributed by atoms with Crippen molar-refractivity contribution in [2.45, 2.75) is 49.3 Å². The van der Waals surface area contributed by atoms with Crippen LogP contribution in [0.25, 0.3) is 0 Å². The van der Waals surface area contributed by atoms with Crippen LogP contribution in [-0.4, -0.2) is 48.7 Å². The molecule has 0 bridgehead atoms. The molecule has 7 heteroatoms. The zero-order chi connectivity index (χ0) is 19.3. The summed E-state index contributed by atoms with van der Waals surface area (Å²) in [6.07, 6.45) is 0. The predicted molar refractivity (Wildman–Crippen MR) is 122 cm³/mol. The SMILES string of the molecule is COc1ccc(C(C)C)c2c1S[Te]1(Sc3c(OC)ccc(C(C)C)c3[Se]1)[Se]2. The molecule has 2 aromatic carbocycles. The fourth-order valence-electron chi connectivity index (χ4n) is 3.19. The van der Waals surface area contributed by atoms with Crippen molar-refractivity contribution in [2.24, 2.45) is 0 Å². The van der Waals surface area contributed by atoms with Crippen molar-refractivity contribution >= 4 is 61.4 Å². The zero-order valence-electron chi connectivity index (χ0n) is 16.3. The van der Waals surface area contributed by atoms with Crippen molar-refractivity contribution in [2.75, 3.05) is 14.2 Å². The second-order valence-corrected chi connectivity index (χ2v) is 62.9. The van der Waals surface area contributed by atoms with Crippen LogP contribution >= 0.6 is 18.0 Å². The van der Waals surface area contributed by atoms with Crippen molar-refractivity contribution in [1.82, 2.24) is 0 Å². The molecular formula is C20H24O2S2Se2Te. The van der Waals surface area contributed by atoms with Gasteiger partial charge in [0, 0.05) is 0 Å². The summed E-state index contributed by atoms with van der Waals surface area (Å²) in [5, 5.41) is 0. The van der Waals surface area contributed by atoms with Crippen molar-refractivity contribution in [1.29, 1.82) is 0 Å². The van der Waals surface area contributed by atoms with Gasteiger partial charge in [-0.15, -0.1) is 0 Å².